The number of hydrogen-bond acceptors (Lipinski definition) is 4. The van der Waals surface area contributed by atoms with Gasteiger partial charge in [0.15, 0.2) is 0 Å². The van der Waals surface area contributed by atoms with Gasteiger partial charge >= 0.3 is 6.18 Å². The predicted molar refractivity (Wildman–Crippen MR) is 56.2 cm³/mol. The van der Waals surface area contributed by atoms with Gasteiger partial charge in [-0.2, -0.15) is 13.2 Å². The van der Waals surface area contributed by atoms with Crippen LogP contribution in [0, 0.1) is 10.1 Å². The highest BCUT2D eigenvalue weighted by Gasteiger charge is 2.28. The molecule has 0 heterocycles. The number of halogens is 3. The van der Waals surface area contributed by atoms with Gasteiger partial charge < -0.3 is 11.1 Å². The molecule has 0 radical (unpaired) electrons. The Morgan fingerprint density at radius 3 is 2.50 bits per heavy atom. The van der Waals surface area contributed by atoms with Crippen LogP contribution in [0.1, 0.15) is 10.4 Å². The molecule has 0 saturated carbocycles. The molecule has 1 rings (SSSR count). The van der Waals surface area contributed by atoms with Crippen molar-refractivity contribution in [3.63, 3.8) is 0 Å². The number of amides is 1. The molecule has 0 fully saturated rings. The molecule has 0 aromatic heterocycles. The van der Waals surface area contributed by atoms with E-state index in [2.05, 4.69) is 0 Å². The Hall–Kier alpha value is -2.32. The Labute approximate surface area is 98.7 Å². The summed E-state index contributed by atoms with van der Waals surface area (Å²) in [6.45, 7) is -1.41. The van der Waals surface area contributed by atoms with Crippen molar-refractivity contribution in [1.82, 2.24) is 0 Å². The van der Waals surface area contributed by atoms with Crippen LogP contribution >= 0.6 is 0 Å². The number of anilines is 1. The van der Waals surface area contributed by atoms with Crippen molar-refractivity contribution in [2.75, 3.05) is 11.9 Å². The van der Waals surface area contributed by atoms with Crippen LogP contribution in [0.4, 0.5) is 24.5 Å². The molecule has 0 unspecified atom stereocenters. The van der Waals surface area contributed by atoms with Crippen molar-refractivity contribution in [1.29, 1.82) is 0 Å². The zero-order valence-corrected chi connectivity index (χ0v) is 8.82. The number of rotatable bonds is 4. The first-order valence-corrected chi connectivity index (χ1v) is 4.59. The minimum absolute atomic E-state index is 0.153. The summed E-state index contributed by atoms with van der Waals surface area (Å²) in [7, 11) is 0. The lowest BCUT2D eigenvalue weighted by Crippen LogP contribution is -2.22. The molecule has 0 bridgehead atoms. The Kier molecular flexibility index (Phi) is 3.74. The van der Waals surface area contributed by atoms with Crippen molar-refractivity contribution in [3.05, 3.63) is 33.9 Å². The first-order valence-electron chi connectivity index (χ1n) is 4.59. The molecule has 0 saturated heterocycles. The number of carbonyl (C=O) groups excluding carboxylic acids is 1. The molecule has 9 heteroatoms. The summed E-state index contributed by atoms with van der Waals surface area (Å²) < 4.78 is 35.9. The maximum absolute atomic E-state index is 12.0. The van der Waals surface area contributed by atoms with E-state index in [1.54, 1.807) is 0 Å². The van der Waals surface area contributed by atoms with Crippen molar-refractivity contribution in [3.8, 4) is 0 Å². The second-order valence-electron chi connectivity index (χ2n) is 3.32. The molecule has 98 valence electrons. The van der Waals surface area contributed by atoms with Crippen LogP contribution in [0.2, 0.25) is 0 Å². The van der Waals surface area contributed by atoms with Gasteiger partial charge in [-0.15, -0.1) is 0 Å². The molecule has 0 aliphatic rings. The zero-order valence-electron chi connectivity index (χ0n) is 8.82. The second kappa shape index (κ2) is 4.90. The Morgan fingerprint density at radius 1 is 1.44 bits per heavy atom. The van der Waals surface area contributed by atoms with E-state index in [0.717, 1.165) is 18.2 Å². The fourth-order valence-electron chi connectivity index (χ4n) is 1.18. The Morgan fingerprint density at radius 2 is 2.06 bits per heavy atom. The number of nitro benzene ring substituents is 1. The second-order valence-corrected chi connectivity index (χ2v) is 3.32. The quantitative estimate of drug-likeness (QED) is 0.637. The zero-order chi connectivity index (χ0) is 13.9. The van der Waals surface area contributed by atoms with Crippen molar-refractivity contribution < 1.29 is 22.9 Å². The standard InChI is InChI=1S/C9H8F3N3O3/c10-9(11,12)4-14-6-2-1-5(8(13)16)3-7(6)15(17)18/h1-3,14H,4H2,(H2,13,16). The van der Waals surface area contributed by atoms with Crippen LogP contribution in [0.3, 0.4) is 0 Å². The maximum Gasteiger partial charge on any atom is 0.405 e. The summed E-state index contributed by atoms with van der Waals surface area (Å²) in [5.41, 5.74) is 3.79. The van der Waals surface area contributed by atoms with E-state index < -0.39 is 29.2 Å². The lowest BCUT2D eigenvalue weighted by molar-refractivity contribution is -0.384. The molecule has 3 N–H and O–H groups in total. The van der Waals surface area contributed by atoms with Crippen LogP contribution in [0.5, 0.6) is 0 Å². The molecular weight excluding hydrogens is 255 g/mol. The molecular formula is C9H8F3N3O3. The van der Waals surface area contributed by atoms with Gasteiger partial charge in [-0.1, -0.05) is 0 Å². The van der Waals surface area contributed by atoms with Crippen LogP contribution in [0.15, 0.2) is 18.2 Å². The van der Waals surface area contributed by atoms with Gasteiger partial charge in [0, 0.05) is 11.6 Å². The van der Waals surface area contributed by atoms with E-state index in [0.29, 0.717) is 0 Å². The molecule has 0 spiro atoms. The molecule has 0 aliphatic heterocycles. The summed E-state index contributed by atoms with van der Waals surface area (Å²) >= 11 is 0. The van der Waals surface area contributed by atoms with E-state index in [-0.39, 0.29) is 11.3 Å². The number of nitrogens with zero attached hydrogens (tertiary/aromatic N) is 1. The summed E-state index contributed by atoms with van der Waals surface area (Å²) in [4.78, 5) is 20.6. The van der Waals surface area contributed by atoms with Gasteiger partial charge in [0.2, 0.25) is 5.91 Å². The van der Waals surface area contributed by atoms with E-state index >= 15 is 0 Å². The molecule has 1 amide bonds. The van der Waals surface area contributed by atoms with Crippen LogP contribution in [-0.2, 0) is 0 Å². The third-order valence-corrected chi connectivity index (χ3v) is 1.96. The fraction of sp³-hybridized carbons (Fsp3) is 0.222. The number of primary amides is 1. The SMILES string of the molecule is NC(=O)c1ccc(NCC(F)(F)F)c([N+](=O)[O-])c1. The van der Waals surface area contributed by atoms with Crippen molar-refractivity contribution in [2.45, 2.75) is 6.18 Å². The predicted octanol–water partition coefficient (Wildman–Crippen LogP) is 1.67. The normalized spacial score (nSPS) is 11.1. The molecule has 18 heavy (non-hydrogen) atoms. The monoisotopic (exact) mass is 263 g/mol. The largest absolute Gasteiger partial charge is 0.405 e. The van der Waals surface area contributed by atoms with Crippen molar-refractivity contribution >= 4 is 17.3 Å². The minimum atomic E-state index is -4.50. The van der Waals surface area contributed by atoms with Crippen molar-refractivity contribution in [2.24, 2.45) is 5.73 Å². The fourth-order valence-corrected chi connectivity index (χ4v) is 1.18. The molecule has 6 nitrogen and oxygen atoms in total. The number of nitrogens with one attached hydrogen (secondary N) is 1. The third kappa shape index (κ3) is 3.61. The van der Waals surface area contributed by atoms with Gasteiger partial charge in [-0.3, -0.25) is 14.9 Å². The van der Waals surface area contributed by atoms with E-state index in [1.165, 1.54) is 0 Å². The number of carbonyl (C=O) groups is 1. The lowest BCUT2D eigenvalue weighted by atomic mass is 10.1. The van der Waals surface area contributed by atoms with Crippen LogP contribution < -0.4 is 11.1 Å². The Balaban J connectivity index is 3.05. The van der Waals surface area contributed by atoms with Gasteiger partial charge in [0.05, 0.1) is 4.92 Å². The van der Waals surface area contributed by atoms with Gasteiger partial charge in [-0.25, -0.2) is 0 Å². The summed E-state index contributed by atoms with van der Waals surface area (Å²) in [5, 5.41) is 12.5. The number of nitro groups is 1. The average molecular weight is 263 g/mol. The minimum Gasteiger partial charge on any atom is -0.371 e. The number of benzene rings is 1. The smallest absolute Gasteiger partial charge is 0.371 e. The van der Waals surface area contributed by atoms with Gasteiger partial charge in [-0.05, 0) is 12.1 Å². The van der Waals surface area contributed by atoms with Crippen LogP contribution in [0.25, 0.3) is 0 Å². The molecule has 0 aliphatic carbocycles. The highest BCUT2D eigenvalue weighted by atomic mass is 19.4. The van der Waals surface area contributed by atoms with Gasteiger partial charge in [0.25, 0.3) is 5.69 Å². The van der Waals surface area contributed by atoms with E-state index in [4.69, 9.17) is 5.73 Å². The molecule has 0 atom stereocenters. The number of hydrogen-bond donors (Lipinski definition) is 2. The Bertz CT molecular complexity index is 488. The lowest BCUT2D eigenvalue weighted by Gasteiger charge is -2.10. The highest BCUT2D eigenvalue weighted by molar-refractivity contribution is 5.94. The number of nitrogens with two attached hydrogens (primary N) is 1. The average Bonchev–Trinajstić information content (AvgIpc) is 2.24. The first kappa shape index (κ1) is 13.7. The van der Waals surface area contributed by atoms with E-state index in [1.807, 2.05) is 5.32 Å². The third-order valence-electron chi connectivity index (χ3n) is 1.96. The number of alkyl halides is 3. The van der Waals surface area contributed by atoms with Gasteiger partial charge in [0.1, 0.15) is 12.2 Å². The first-order chi connectivity index (χ1) is 8.20. The maximum atomic E-state index is 12.0. The topological polar surface area (TPSA) is 98.3 Å². The highest BCUT2D eigenvalue weighted by Crippen LogP contribution is 2.27. The summed E-state index contributed by atoms with van der Waals surface area (Å²) in [5.74, 6) is -0.902. The molecule has 1 aromatic carbocycles. The van der Waals surface area contributed by atoms with Crippen LogP contribution in [-0.4, -0.2) is 23.6 Å². The summed E-state index contributed by atoms with van der Waals surface area (Å²) in [6.07, 6.45) is -4.50. The van der Waals surface area contributed by atoms with E-state index in [9.17, 15) is 28.1 Å². The summed E-state index contributed by atoms with van der Waals surface area (Å²) in [6, 6.07) is 2.93. The molecule has 1 aromatic rings.